The maximum absolute atomic E-state index is 12.6. The van der Waals surface area contributed by atoms with Crippen LogP contribution in [0.4, 0.5) is 11.4 Å². The summed E-state index contributed by atoms with van der Waals surface area (Å²) in [5.41, 5.74) is 2.95. The highest BCUT2D eigenvalue weighted by molar-refractivity contribution is 6.04. The fourth-order valence-corrected chi connectivity index (χ4v) is 3.67. The van der Waals surface area contributed by atoms with Crippen molar-refractivity contribution in [2.75, 3.05) is 37.5 Å². The zero-order valence-electron chi connectivity index (χ0n) is 18.6. The minimum atomic E-state index is -0.330. The van der Waals surface area contributed by atoms with Gasteiger partial charge < -0.3 is 24.4 Å². The number of rotatable bonds is 7. The Hall–Kier alpha value is -4.00. The average molecular weight is 447 g/mol. The molecule has 1 heterocycles. The lowest BCUT2D eigenvalue weighted by Gasteiger charge is -2.33. The van der Waals surface area contributed by atoms with Crippen LogP contribution in [0.2, 0.25) is 0 Å². The molecule has 7 heteroatoms. The van der Waals surface area contributed by atoms with E-state index in [0.717, 1.165) is 23.5 Å². The van der Waals surface area contributed by atoms with Crippen molar-refractivity contribution in [3.05, 3.63) is 83.9 Å². The van der Waals surface area contributed by atoms with Gasteiger partial charge in [-0.1, -0.05) is 24.3 Å². The summed E-state index contributed by atoms with van der Waals surface area (Å²) in [4.78, 5) is 26.2. The monoisotopic (exact) mass is 446 g/mol. The van der Waals surface area contributed by atoms with Crippen molar-refractivity contribution < 1.29 is 23.8 Å². The normalized spacial score (nSPS) is 14.6. The van der Waals surface area contributed by atoms with E-state index in [-0.39, 0.29) is 24.4 Å². The molecule has 0 aromatic heterocycles. The molecule has 1 aliphatic rings. The van der Waals surface area contributed by atoms with Gasteiger partial charge in [-0.25, -0.2) is 0 Å². The number of nitrogens with zero attached hydrogens (tertiary/aromatic N) is 1. The molecular weight excluding hydrogens is 420 g/mol. The van der Waals surface area contributed by atoms with E-state index >= 15 is 0 Å². The van der Waals surface area contributed by atoms with Crippen molar-refractivity contribution in [3.8, 4) is 11.5 Å². The predicted molar refractivity (Wildman–Crippen MR) is 126 cm³/mol. The number of carbonyl (C=O) groups excluding carboxylic acids is 2. The molecule has 1 aliphatic heterocycles. The van der Waals surface area contributed by atoms with Gasteiger partial charge in [0.05, 0.1) is 25.8 Å². The van der Waals surface area contributed by atoms with Crippen LogP contribution in [0, 0.1) is 0 Å². The SMILES string of the molecule is COC(=O)Cc1cccc(NC(=O)c2ccc(OC[C@@H]3CN(C)c4ccccc4O3)cc2)c1. The van der Waals surface area contributed by atoms with Crippen molar-refractivity contribution in [2.45, 2.75) is 12.5 Å². The van der Waals surface area contributed by atoms with Crippen LogP contribution >= 0.6 is 0 Å². The molecule has 0 unspecified atom stereocenters. The number of carbonyl (C=O) groups is 2. The van der Waals surface area contributed by atoms with Gasteiger partial charge in [-0.15, -0.1) is 0 Å². The Morgan fingerprint density at radius 2 is 1.85 bits per heavy atom. The topological polar surface area (TPSA) is 77.1 Å². The number of para-hydroxylation sites is 2. The second-order valence-electron chi connectivity index (χ2n) is 7.83. The van der Waals surface area contributed by atoms with Gasteiger partial charge in [0.25, 0.3) is 5.91 Å². The van der Waals surface area contributed by atoms with E-state index in [0.29, 0.717) is 23.6 Å². The number of anilines is 2. The molecule has 4 rings (SSSR count). The largest absolute Gasteiger partial charge is 0.490 e. The first-order valence-electron chi connectivity index (χ1n) is 10.7. The van der Waals surface area contributed by atoms with Crippen LogP contribution in [0.25, 0.3) is 0 Å². The highest BCUT2D eigenvalue weighted by Crippen LogP contribution is 2.32. The molecule has 33 heavy (non-hydrogen) atoms. The molecule has 0 spiro atoms. The highest BCUT2D eigenvalue weighted by atomic mass is 16.5. The Bertz CT molecular complexity index is 1130. The molecule has 0 radical (unpaired) electrons. The fourth-order valence-electron chi connectivity index (χ4n) is 3.67. The number of ether oxygens (including phenoxy) is 3. The number of amides is 1. The number of fused-ring (bicyclic) bond motifs is 1. The van der Waals surface area contributed by atoms with Crippen LogP contribution in [0.1, 0.15) is 15.9 Å². The summed E-state index contributed by atoms with van der Waals surface area (Å²) in [5.74, 6) is 0.938. The van der Waals surface area contributed by atoms with Crippen LogP contribution < -0.4 is 19.7 Å². The number of esters is 1. The molecular formula is C26H26N2O5. The van der Waals surface area contributed by atoms with Gasteiger partial charge in [-0.05, 0) is 54.1 Å². The zero-order valence-corrected chi connectivity index (χ0v) is 18.6. The summed E-state index contributed by atoms with van der Waals surface area (Å²) in [6.45, 7) is 1.13. The predicted octanol–water partition coefficient (Wildman–Crippen LogP) is 3.93. The Balaban J connectivity index is 1.32. The van der Waals surface area contributed by atoms with E-state index in [1.54, 1.807) is 42.5 Å². The van der Waals surface area contributed by atoms with E-state index in [2.05, 4.69) is 15.0 Å². The average Bonchev–Trinajstić information content (AvgIpc) is 2.83. The molecule has 1 N–H and O–H groups in total. The lowest BCUT2D eigenvalue weighted by Crippen LogP contribution is -2.41. The summed E-state index contributed by atoms with van der Waals surface area (Å²) >= 11 is 0. The molecule has 7 nitrogen and oxygen atoms in total. The molecule has 0 fully saturated rings. The quantitative estimate of drug-likeness (QED) is 0.554. The van der Waals surface area contributed by atoms with Crippen LogP contribution in [0.15, 0.2) is 72.8 Å². The maximum Gasteiger partial charge on any atom is 0.309 e. The third-order valence-electron chi connectivity index (χ3n) is 5.36. The molecule has 0 saturated carbocycles. The zero-order chi connectivity index (χ0) is 23.2. The number of hydrogen-bond acceptors (Lipinski definition) is 6. The summed E-state index contributed by atoms with van der Waals surface area (Å²) in [7, 11) is 3.38. The first-order chi connectivity index (χ1) is 16.0. The number of benzene rings is 3. The second kappa shape index (κ2) is 10.1. The number of likely N-dealkylation sites (N-methyl/N-ethyl adjacent to an activating group) is 1. The van der Waals surface area contributed by atoms with Crippen LogP contribution in [-0.4, -0.2) is 45.3 Å². The van der Waals surface area contributed by atoms with E-state index in [9.17, 15) is 9.59 Å². The molecule has 0 bridgehead atoms. The highest BCUT2D eigenvalue weighted by Gasteiger charge is 2.23. The van der Waals surface area contributed by atoms with E-state index in [1.807, 2.05) is 37.4 Å². The van der Waals surface area contributed by atoms with E-state index in [1.165, 1.54) is 7.11 Å². The summed E-state index contributed by atoms with van der Waals surface area (Å²) in [6, 6.07) is 22.0. The van der Waals surface area contributed by atoms with Crippen molar-refractivity contribution >= 4 is 23.3 Å². The Labute approximate surface area is 192 Å². The van der Waals surface area contributed by atoms with Crippen molar-refractivity contribution in [1.29, 1.82) is 0 Å². The second-order valence-corrected chi connectivity index (χ2v) is 7.83. The number of nitrogens with one attached hydrogen (secondary N) is 1. The van der Waals surface area contributed by atoms with Crippen molar-refractivity contribution in [3.63, 3.8) is 0 Å². The fraction of sp³-hybridized carbons (Fsp3) is 0.231. The summed E-state index contributed by atoms with van der Waals surface area (Å²) < 4.78 is 16.6. The minimum Gasteiger partial charge on any atom is -0.490 e. The molecule has 0 aliphatic carbocycles. The third kappa shape index (κ3) is 5.63. The number of hydrogen-bond donors (Lipinski definition) is 1. The first-order valence-corrected chi connectivity index (χ1v) is 10.7. The smallest absolute Gasteiger partial charge is 0.309 e. The van der Waals surface area contributed by atoms with Crippen molar-refractivity contribution in [2.24, 2.45) is 0 Å². The molecule has 3 aromatic rings. The molecule has 3 aromatic carbocycles. The summed E-state index contributed by atoms with van der Waals surface area (Å²) in [5, 5.41) is 2.85. The molecule has 1 amide bonds. The Kier molecular flexibility index (Phi) is 6.78. The van der Waals surface area contributed by atoms with Gasteiger partial charge in [0.15, 0.2) is 0 Å². The molecule has 1 atom stereocenters. The van der Waals surface area contributed by atoms with Gasteiger partial charge in [0.2, 0.25) is 0 Å². The lowest BCUT2D eigenvalue weighted by molar-refractivity contribution is -0.139. The lowest BCUT2D eigenvalue weighted by atomic mass is 10.1. The third-order valence-corrected chi connectivity index (χ3v) is 5.36. The number of methoxy groups -OCH3 is 1. The minimum absolute atomic E-state index is 0.0925. The van der Waals surface area contributed by atoms with Crippen LogP contribution in [-0.2, 0) is 16.0 Å². The van der Waals surface area contributed by atoms with Gasteiger partial charge in [0, 0.05) is 18.3 Å². The van der Waals surface area contributed by atoms with E-state index < -0.39 is 0 Å². The van der Waals surface area contributed by atoms with Crippen molar-refractivity contribution in [1.82, 2.24) is 0 Å². The van der Waals surface area contributed by atoms with Gasteiger partial charge in [0.1, 0.15) is 24.2 Å². The van der Waals surface area contributed by atoms with Gasteiger partial charge in [-0.2, -0.15) is 0 Å². The summed E-state index contributed by atoms with van der Waals surface area (Å²) in [6.07, 6.45) is 0.0587. The maximum atomic E-state index is 12.6. The first kappa shape index (κ1) is 22.2. The van der Waals surface area contributed by atoms with Gasteiger partial charge in [-0.3, -0.25) is 9.59 Å². The standard InChI is InChI=1S/C26H26N2O5/c1-28-16-22(33-24-9-4-3-8-23(24)28)17-32-21-12-10-19(11-13-21)26(30)27-20-7-5-6-18(14-20)15-25(29)31-2/h3-14,22H,15-17H2,1-2H3,(H,27,30)/t22-/m0/s1. The van der Waals surface area contributed by atoms with Gasteiger partial charge >= 0.3 is 5.97 Å². The Morgan fingerprint density at radius 3 is 2.64 bits per heavy atom. The Morgan fingerprint density at radius 1 is 1.06 bits per heavy atom. The van der Waals surface area contributed by atoms with Crippen LogP contribution in [0.5, 0.6) is 11.5 Å². The molecule has 170 valence electrons. The van der Waals surface area contributed by atoms with E-state index in [4.69, 9.17) is 9.47 Å². The molecule has 0 saturated heterocycles. The van der Waals surface area contributed by atoms with Crippen LogP contribution in [0.3, 0.4) is 0 Å².